The number of benzene rings is 3. The quantitative estimate of drug-likeness (QED) is 0.463. The molecule has 3 aliphatic rings. The summed E-state index contributed by atoms with van der Waals surface area (Å²) in [5.74, 6) is -0.735. The molecule has 2 bridgehead atoms. The highest BCUT2D eigenvalue weighted by molar-refractivity contribution is 5.92. The molecule has 4 atom stereocenters. The number of nitrogens with zero attached hydrogens (tertiary/aromatic N) is 1. The van der Waals surface area contributed by atoms with Gasteiger partial charge in [-0.15, -0.1) is 0 Å². The van der Waals surface area contributed by atoms with E-state index in [1.54, 1.807) is 0 Å². The van der Waals surface area contributed by atoms with Gasteiger partial charge in [0.05, 0.1) is 12.5 Å². The standard InChI is InChI=1S/C31H34N2O3/c1-2-36-31(35)29-26-19-18-25(20-27(26)32-21-22-12-6-3-7-13-22)33(29)30(34)28(23-14-8-4-9-15-23)24-16-10-5-11-17-24/h3-17,25-29,32H,2,18-21H2,1H3/t25-,26+,27?,29-/m0/s1. The third-order valence-corrected chi connectivity index (χ3v) is 7.68. The van der Waals surface area contributed by atoms with E-state index in [1.165, 1.54) is 5.56 Å². The fourth-order valence-electron chi connectivity index (χ4n) is 6.07. The molecule has 5 heteroatoms. The van der Waals surface area contributed by atoms with Crippen LogP contribution in [0.25, 0.3) is 0 Å². The van der Waals surface area contributed by atoms with E-state index >= 15 is 0 Å². The maximum absolute atomic E-state index is 14.4. The van der Waals surface area contributed by atoms with Crippen LogP contribution in [0.1, 0.15) is 48.8 Å². The smallest absolute Gasteiger partial charge is 0.329 e. The zero-order valence-electron chi connectivity index (χ0n) is 20.8. The Kier molecular flexibility index (Phi) is 7.47. The molecule has 5 nitrogen and oxygen atoms in total. The van der Waals surface area contributed by atoms with Crippen molar-refractivity contribution in [2.45, 2.75) is 56.8 Å². The molecular formula is C31H34N2O3. The minimum absolute atomic E-state index is 0.0000963. The van der Waals surface area contributed by atoms with Crippen molar-refractivity contribution in [1.29, 1.82) is 0 Å². The van der Waals surface area contributed by atoms with Crippen LogP contribution < -0.4 is 5.32 Å². The van der Waals surface area contributed by atoms with Crippen molar-refractivity contribution < 1.29 is 14.3 Å². The van der Waals surface area contributed by atoms with Crippen LogP contribution in [0.2, 0.25) is 0 Å². The van der Waals surface area contributed by atoms with Gasteiger partial charge in [0.15, 0.2) is 0 Å². The molecule has 6 rings (SSSR count). The summed E-state index contributed by atoms with van der Waals surface area (Å²) in [4.78, 5) is 29.7. The first-order chi connectivity index (χ1) is 17.7. The highest BCUT2D eigenvalue weighted by atomic mass is 16.5. The Morgan fingerprint density at radius 2 is 1.47 bits per heavy atom. The number of carbonyl (C=O) groups is 2. The third kappa shape index (κ3) is 4.93. The highest BCUT2D eigenvalue weighted by Gasteiger charge is 2.53. The zero-order chi connectivity index (χ0) is 24.9. The van der Waals surface area contributed by atoms with E-state index in [0.29, 0.717) is 6.61 Å². The monoisotopic (exact) mass is 482 g/mol. The molecule has 1 saturated carbocycles. The average Bonchev–Trinajstić information content (AvgIpc) is 2.93. The lowest BCUT2D eigenvalue weighted by molar-refractivity contribution is -0.169. The van der Waals surface area contributed by atoms with E-state index in [1.807, 2.05) is 90.7 Å². The Morgan fingerprint density at radius 1 is 0.889 bits per heavy atom. The van der Waals surface area contributed by atoms with Crippen molar-refractivity contribution in [3.05, 3.63) is 108 Å². The number of esters is 1. The molecule has 3 aromatic carbocycles. The summed E-state index contributed by atoms with van der Waals surface area (Å²) in [5.41, 5.74) is 3.10. The van der Waals surface area contributed by atoms with Crippen LogP contribution in [0, 0.1) is 5.92 Å². The lowest BCUT2D eigenvalue weighted by atomic mass is 9.70. The number of hydrogen-bond donors (Lipinski definition) is 1. The van der Waals surface area contributed by atoms with Gasteiger partial charge >= 0.3 is 5.97 Å². The fraction of sp³-hybridized carbons (Fsp3) is 0.355. The Morgan fingerprint density at radius 3 is 2.06 bits per heavy atom. The van der Waals surface area contributed by atoms with E-state index in [0.717, 1.165) is 36.9 Å². The molecule has 36 heavy (non-hydrogen) atoms. The molecule has 0 radical (unpaired) electrons. The van der Waals surface area contributed by atoms with Gasteiger partial charge in [-0.3, -0.25) is 4.79 Å². The van der Waals surface area contributed by atoms with Crippen molar-refractivity contribution in [3.63, 3.8) is 0 Å². The number of nitrogens with one attached hydrogen (secondary N) is 1. The van der Waals surface area contributed by atoms with Gasteiger partial charge in [-0.2, -0.15) is 0 Å². The average molecular weight is 483 g/mol. The molecule has 2 heterocycles. The molecule has 1 unspecified atom stereocenters. The van der Waals surface area contributed by atoms with Gasteiger partial charge in [0.1, 0.15) is 6.04 Å². The molecule has 186 valence electrons. The van der Waals surface area contributed by atoms with E-state index in [4.69, 9.17) is 4.74 Å². The minimum Gasteiger partial charge on any atom is -0.464 e. The number of ether oxygens (including phenoxy) is 1. The Labute approximate surface area is 213 Å². The lowest BCUT2D eigenvalue weighted by Gasteiger charge is -2.54. The summed E-state index contributed by atoms with van der Waals surface area (Å²) in [6.07, 6.45) is 2.66. The Balaban J connectivity index is 1.46. The summed E-state index contributed by atoms with van der Waals surface area (Å²) in [5, 5.41) is 3.70. The van der Waals surface area contributed by atoms with Crippen molar-refractivity contribution in [2.24, 2.45) is 5.92 Å². The molecule has 3 aromatic rings. The predicted octanol–water partition coefficient (Wildman–Crippen LogP) is 4.92. The van der Waals surface area contributed by atoms with Crippen molar-refractivity contribution >= 4 is 11.9 Å². The summed E-state index contributed by atoms with van der Waals surface area (Å²) >= 11 is 0. The van der Waals surface area contributed by atoms with Gasteiger partial charge < -0.3 is 15.0 Å². The lowest BCUT2D eigenvalue weighted by Crippen LogP contribution is -2.67. The molecule has 1 N–H and O–H groups in total. The maximum Gasteiger partial charge on any atom is 0.329 e. The molecule has 3 fully saturated rings. The van der Waals surface area contributed by atoms with Crippen molar-refractivity contribution in [2.75, 3.05) is 6.61 Å². The highest BCUT2D eigenvalue weighted by Crippen LogP contribution is 2.43. The van der Waals surface area contributed by atoms with Crippen LogP contribution in [0.5, 0.6) is 0 Å². The second-order valence-electron chi connectivity index (χ2n) is 9.80. The molecule has 1 amide bonds. The molecule has 1 aliphatic carbocycles. The molecule has 2 saturated heterocycles. The predicted molar refractivity (Wildman–Crippen MR) is 140 cm³/mol. The van der Waals surface area contributed by atoms with Gasteiger partial charge in [0.25, 0.3) is 0 Å². The number of carbonyl (C=O) groups excluding carboxylic acids is 2. The van der Waals surface area contributed by atoms with Gasteiger partial charge in [-0.25, -0.2) is 4.79 Å². The van der Waals surface area contributed by atoms with E-state index in [9.17, 15) is 9.59 Å². The number of amides is 1. The SMILES string of the molecule is CCOC(=O)[C@@H]1[C@@H]2CC[C@@H](CC2NCc2ccccc2)N1C(=O)C(c1ccccc1)c1ccccc1. The van der Waals surface area contributed by atoms with Crippen LogP contribution in [-0.4, -0.2) is 41.5 Å². The summed E-state index contributed by atoms with van der Waals surface area (Å²) < 4.78 is 5.56. The second kappa shape index (κ2) is 11.1. The van der Waals surface area contributed by atoms with Crippen LogP contribution in [0.4, 0.5) is 0 Å². The van der Waals surface area contributed by atoms with Gasteiger partial charge in [0.2, 0.25) is 5.91 Å². The van der Waals surface area contributed by atoms with Crippen LogP contribution >= 0.6 is 0 Å². The normalized spacial score (nSPS) is 23.0. The van der Waals surface area contributed by atoms with Crippen molar-refractivity contribution in [1.82, 2.24) is 10.2 Å². The largest absolute Gasteiger partial charge is 0.464 e. The number of rotatable bonds is 8. The first kappa shape index (κ1) is 24.3. The third-order valence-electron chi connectivity index (χ3n) is 7.68. The van der Waals surface area contributed by atoms with Crippen molar-refractivity contribution in [3.8, 4) is 0 Å². The minimum atomic E-state index is -0.576. The van der Waals surface area contributed by atoms with E-state index < -0.39 is 12.0 Å². The first-order valence-electron chi connectivity index (χ1n) is 13.0. The first-order valence-corrected chi connectivity index (χ1v) is 13.0. The van der Waals surface area contributed by atoms with E-state index in [-0.39, 0.29) is 29.9 Å². The van der Waals surface area contributed by atoms with Gasteiger partial charge in [-0.1, -0.05) is 91.0 Å². The van der Waals surface area contributed by atoms with Gasteiger partial charge in [-0.05, 0) is 42.9 Å². The topological polar surface area (TPSA) is 58.6 Å². The molecular weight excluding hydrogens is 448 g/mol. The number of hydrogen-bond acceptors (Lipinski definition) is 4. The Hall–Kier alpha value is -3.44. The zero-order valence-corrected chi connectivity index (χ0v) is 20.8. The molecule has 0 aromatic heterocycles. The summed E-state index contributed by atoms with van der Waals surface area (Å²) in [6.45, 7) is 2.87. The molecule has 2 aliphatic heterocycles. The maximum atomic E-state index is 14.4. The Bertz CT molecular complexity index is 1110. The molecule has 0 spiro atoms. The second-order valence-corrected chi connectivity index (χ2v) is 9.80. The van der Waals surface area contributed by atoms with Gasteiger partial charge in [0, 0.05) is 24.5 Å². The number of fused-ring (bicyclic) bond motifs is 3. The van der Waals surface area contributed by atoms with Crippen LogP contribution in [0.15, 0.2) is 91.0 Å². The fourth-order valence-corrected chi connectivity index (χ4v) is 6.07. The van der Waals surface area contributed by atoms with E-state index in [2.05, 4.69) is 17.4 Å². The summed E-state index contributed by atoms with van der Waals surface area (Å²) in [7, 11) is 0. The van der Waals surface area contributed by atoms with Crippen LogP contribution in [-0.2, 0) is 20.9 Å². The number of piperidine rings is 2. The summed E-state index contributed by atoms with van der Waals surface area (Å²) in [6, 6.07) is 29.7. The van der Waals surface area contributed by atoms with Crippen LogP contribution in [0.3, 0.4) is 0 Å².